The second-order valence-electron chi connectivity index (χ2n) is 4.25. The molecule has 0 aromatic heterocycles. The highest BCUT2D eigenvalue weighted by atomic mass is 79.9. The van der Waals surface area contributed by atoms with Crippen molar-refractivity contribution in [2.45, 2.75) is 12.5 Å². The van der Waals surface area contributed by atoms with Gasteiger partial charge in [0, 0.05) is 21.1 Å². The van der Waals surface area contributed by atoms with Crippen LogP contribution >= 0.6 is 27.5 Å². The Morgan fingerprint density at radius 2 is 1.89 bits per heavy atom. The summed E-state index contributed by atoms with van der Waals surface area (Å²) in [5.74, 6) is -0.768. The van der Waals surface area contributed by atoms with E-state index >= 15 is 0 Å². The van der Waals surface area contributed by atoms with Crippen molar-refractivity contribution in [1.82, 2.24) is 0 Å². The van der Waals surface area contributed by atoms with Gasteiger partial charge in [0.2, 0.25) is 0 Å². The molecular weight excluding hydrogens is 336 g/mol. The zero-order valence-electron chi connectivity index (χ0n) is 9.84. The molecule has 0 saturated carbocycles. The van der Waals surface area contributed by atoms with Crippen LogP contribution in [0.2, 0.25) is 5.02 Å². The molecule has 0 saturated heterocycles. The Balaban J connectivity index is 2.25. The highest BCUT2D eigenvalue weighted by Gasteiger charge is 2.13. The zero-order valence-corrected chi connectivity index (χ0v) is 12.2. The SMILES string of the molecule is NC(Cc1cc(F)cc(Br)c1)c1cc(Cl)ccc1F. The maximum absolute atomic E-state index is 13.7. The summed E-state index contributed by atoms with van der Waals surface area (Å²) in [4.78, 5) is 0. The molecule has 2 aromatic rings. The van der Waals surface area contributed by atoms with Crippen molar-refractivity contribution in [3.63, 3.8) is 0 Å². The Morgan fingerprint density at radius 1 is 1.16 bits per heavy atom. The van der Waals surface area contributed by atoms with E-state index in [4.69, 9.17) is 17.3 Å². The van der Waals surface area contributed by atoms with E-state index in [0.29, 0.717) is 27.0 Å². The Kier molecular flexibility index (Phi) is 4.55. The lowest BCUT2D eigenvalue weighted by Gasteiger charge is -2.14. The summed E-state index contributed by atoms with van der Waals surface area (Å²) in [7, 11) is 0. The topological polar surface area (TPSA) is 26.0 Å². The summed E-state index contributed by atoms with van der Waals surface area (Å²) >= 11 is 9.03. The van der Waals surface area contributed by atoms with Gasteiger partial charge in [0.15, 0.2) is 0 Å². The van der Waals surface area contributed by atoms with Crippen LogP contribution in [-0.4, -0.2) is 0 Å². The molecule has 19 heavy (non-hydrogen) atoms. The van der Waals surface area contributed by atoms with E-state index in [-0.39, 0.29) is 5.82 Å². The summed E-state index contributed by atoms with van der Waals surface area (Å²) in [6.07, 6.45) is 0.327. The molecule has 2 rings (SSSR count). The Hall–Kier alpha value is -0.970. The third-order valence-corrected chi connectivity index (χ3v) is 3.43. The number of halogens is 4. The van der Waals surface area contributed by atoms with Crippen molar-refractivity contribution in [2.75, 3.05) is 0 Å². The first-order valence-electron chi connectivity index (χ1n) is 5.61. The van der Waals surface area contributed by atoms with Gasteiger partial charge >= 0.3 is 0 Å². The van der Waals surface area contributed by atoms with Crippen LogP contribution in [0.4, 0.5) is 8.78 Å². The molecule has 0 aliphatic carbocycles. The molecule has 0 amide bonds. The van der Waals surface area contributed by atoms with Crippen molar-refractivity contribution in [1.29, 1.82) is 0 Å². The molecule has 1 atom stereocenters. The number of rotatable bonds is 3. The first-order valence-corrected chi connectivity index (χ1v) is 6.78. The number of hydrogen-bond donors (Lipinski definition) is 1. The summed E-state index contributed by atoms with van der Waals surface area (Å²) < 4.78 is 27.5. The Morgan fingerprint density at radius 3 is 2.58 bits per heavy atom. The lowest BCUT2D eigenvalue weighted by atomic mass is 9.99. The number of hydrogen-bond acceptors (Lipinski definition) is 1. The second-order valence-corrected chi connectivity index (χ2v) is 5.61. The summed E-state index contributed by atoms with van der Waals surface area (Å²) in [6.45, 7) is 0. The first kappa shape index (κ1) is 14.4. The second kappa shape index (κ2) is 5.99. The lowest BCUT2D eigenvalue weighted by molar-refractivity contribution is 0.578. The van der Waals surface area contributed by atoms with Crippen molar-refractivity contribution >= 4 is 27.5 Å². The molecule has 100 valence electrons. The van der Waals surface area contributed by atoms with E-state index in [2.05, 4.69) is 15.9 Å². The molecule has 5 heteroatoms. The summed E-state index contributed by atoms with van der Waals surface area (Å²) in [5.41, 5.74) is 6.98. The lowest BCUT2D eigenvalue weighted by Crippen LogP contribution is -2.15. The molecule has 1 unspecified atom stereocenters. The average molecular weight is 347 g/mol. The van der Waals surface area contributed by atoms with E-state index in [1.54, 1.807) is 6.07 Å². The maximum Gasteiger partial charge on any atom is 0.128 e. The van der Waals surface area contributed by atoms with Crippen LogP contribution in [0.15, 0.2) is 40.9 Å². The Bertz CT molecular complexity index is 584. The molecule has 0 fully saturated rings. The van der Waals surface area contributed by atoms with E-state index in [0.717, 1.165) is 0 Å². The van der Waals surface area contributed by atoms with Crippen LogP contribution in [0.25, 0.3) is 0 Å². The van der Waals surface area contributed by atoms with Crippen LogP contribution in [0.3, 0.4) is 0 Å². The predicted molar refractivity (Wildman–Crippen MR) is 76.1 cm³/mol. The van der Waals surface area contributed by atoms with Crippen molar-refractivity contribution in [3.8, 4) is 0 Å². The minimum absolute atomic E-state index is 0.327. The molecule has 1 nitrogen and oxygen atoms in total. The molecule has 0 spiro atoms. The smallest absolute Gasteiger partial charge is 0.128 e. The first-order chi connectivity index (χ1) is 8.95. The maximum atomic E-state index is 13.7. The highest BCUT2D eigenvalue weighted by Crippen LogP contribution is 2.24. The Labute approximate surface area is 123 Å². The van der Waals surface area contributed by atoms with Crippen molar-refractivity contribution in [2.24, 2.45) is 5.73 Å². The van der Waals surface area contributed by atoms with Crippen LogP contribution in [0, 0.1) is 11.6 Å². The van der Waals surface area contributed by atoms with E-state index in [1.165, 1.54) is 30.3 Å². The third-order valence-electron chi connectivity index (χ3n) is 2.74. The summed E-state index contributed by atoms with van der Waals surface area (Å²) in [5, 5.41) is 0.423. The molecule has 0 aliphatic rings. The van der Waals surface area contributed by atoms with E-state index in [9.17, 15) is 8.78 Å². The third kappa shape index (κ3) is 3.75. The van der Waals surface area contributed by atoms with Gasteiger partial charge in [-0.15, -0.1) is 0 Å². The highest BCUT2D eigenvalue weighted by molar-refractivity contribution is 9.10. The molecule has 0 bridgehead atoms. The van der Waals surface area contributed by atoms with Gasteiger partial charge in [0.25, 0.3) is 0 Å². The van der Waals surface area contributed by atoms with Gasteiger partial charge in [0.1, 0.15) is 11.6 Å². The van der Waals surface area contributed by atoms with Crippen molar-refractivity contribution in [3.05, 3.63) is 68.7 Å². The number of nitrogens with two attached hydrogens (primary N) is 1. The molecule has 2 N–H and O–H groups in total. The standard InChI is InChI=1S/C14H11BrClF2N/c15-9-3-8(4-11(17)6-9)5-14(19)12-7-10(16)1-2-13(12)18/h1-4,6-7,14H,5,19H2. The van der Waals surface area contributed by atoms with Gasteiger partial charge in [-0.25, -0.2) is 8.78 Å². The fourth-order valence-corrected chi connectivity index (χ4v) is 2.58. The predicted octanol–water partition coefficient (Wildman–Crippen LogP) is 4.62. The zero-order chi connectivity index (χ0) is 14.0. The van der Waals surface area contributed by atoms with Crippen LogP contribution < -0.4 is 5.73 Å². The molecule has 0 radical (unpaired) electrons. The fourth-order valence-electron chi connectivity index (χ4n) is 1.89. The van der Waals surface area contributed by atoms with Crippen LogP contribution in [-0.2, 0) is 6.42 Å². The largest absolute Gasteiger partial charge is 0.324 e. The van der Waals surface area contributed by atoms with Crippen LogP contribution in [0.5, 0.6) is 0 Å². The summed E-state index contributed by atoms with van der Waals surface area (Å²) in [6, 6.07) is 8.15. The molecule has 0 heterocycles. The van der Waals surface area contributed by atoms with E-state index in [1.807, 2.05) is 0 Å². The normalized spacial score (nSPS) is 12.5. The van der Waals surface area contributed by atoms with Gasteiger partial charge in [-0.2, -0.15) is 0 Å². The molecular formula is C14H11BrClF2N. The van der Waals surface area contributed by atoms with Crippen LogP contribution in [0.1, 0.15) is 17.2 Å². The molecule has 2 aromatic carbocycles. The number of benzene rings is 2. The fraction of sp³-hybridized carbons (Fsp3) is 0.143. The van der Waals surface area contributed by atoms with E-state index < -0.39 is 11.9 Å². The van der Waals surface area contributed by atoms with Gasteiger partial charge in [-0.3, -0.25) is 0 Å². The van der Waals surface area contributed by atoms with Gasteiger partial charge in [-0.1, -0.05) is 27.5 Å². The monoisotopic (exact) mass is 345 g/mol. The van der Waals surface area contributed by atoms with Gasteiger partial charge in [-0.05, 0) is 48.4 Å². The van der Waals surface area contributed by atoms with Gasteiger partial charge in [0.05, 0.1) is 0 Å². The minimum atomic E-state index is -0.576. The quantitative estimate of drug-likeness (QED) is 0.862. The molecule has 0 aliphatic heterocycles. The van der Waals surface area contributed by atoms with Crippen molar-refractivity contribution < 1.29 is 8.78 Å². The van der Waals surface area contributed by atoms with Gasteiger partial charge < -0.3 is 5.73 Å². The average Bonchev–Trinajstić information content (AvgIpc) is 2.30. The minimum Gasteiger partial charge on any atom is -0.324 e.